The number of carbonyl (C=O) groups is 1. The van der Waals surface area contributed by atoms with E-state index in [-0.39, 0.29) is 5.91 Å². The molecule has 6 nitrogen and oxygen atoms in total. The predicted molar refractivity (Wildman–Crippen MR) is 98.3 cm³/mol. The molecule has 0 unspecified atom stereocenters. The van der Waals surface area contributed by atoms with Gasteiger partial charge in [-0.25, -0.2) is 0 Å². The molecule has 0 aliphatic heterocycles. The van der Waals surface area contributed by atoms with E-state index >= 15 is 0 Å². The molecule has 0 fully saturated rings. The van der Waals surface area contributed by atoms with Gasteiger partial charge in [0.2, 0.25) is 0 Å². The van der Waals surface area contributed by atoms with Gasteiger partial charge in [-0.3, -0.25) is 14.2 Å². The molecule has 0 atom stereocenters. The summed E-state index contributed by atoms with van der Waals surface area (Å²) < 4.78 is 2.66. The quantitative estimate of drug-likeness (QED) is 0.574. The summed E-state index contributed by atoms with van der Waals surface area (Å²) in [6.45, 7) is 0. The molecule has 4 aromatic rings. The van der Waals surface area contributed by atoms with E-state index in [2.05, 4.69) is 36.4 Å². The van der Waals surface area contributed by atoms with E-state index < -0.39 is 0 Å². The van der Waals surface area contributed by atoms with Gasteiger partial charge in [0.15, 0.2) is 11.5 Å². The van der Waals surface area contributed by atoms with Crippen molar-refractivity contribution in [1.29, 1.82) is 0 Å². The SMILES string of the molecule is O=C(Nc1cccc(-c2nnc3ccccn23)c1)c1cncc(Br)c1. The van der Waals surface area contributed by atoms with Crippen molar-refractivity contribution in [2.75, 3.05) is 5.32 Å². The number of rotatable bonds is 3. The van der Waals surface area contributed by atoms with E-state index in [9.17, 15) is 4.79 Å². The summed E-state index contributed by atoms with van der Waals surface area (Å²) in [5.41, 5.74) is 2.79. The van der Waals surface area contributed by atoms with E-state index in [0.717, 1.165) is 21.5 Å². The highest BCUT2D eigenvalue weighted by Gasteiger charge is 2.10. The molecule has 3 heterocycles. The Bertz CT molecular complexity index is 1080. The van der Waals surface area contributed by atoms with Crippen LogP contribution in [0.3, 0.4) is 0 Å². The van der Waals surface area contributed by atoms with E-state index in [4.69, 9.17) is 0 Å². The lowest BCUT2D eigenvalue weighted by Crippen LogP contribution is -2.12. The third kappa shape index (κ3) is 3.14. The number of hydrogen-bond donors (Lipinski definition) is 1. The fraction of sp³-hybridized carbons (Fsp3) is 0. The number of fused-ring (bicyclic) bond motifs is 1. The van der Waals surface area contributed by atoms with Gasteiger partial charge in [0, 0.05) is 34.3 Å². The Kier molecular flexibility index (Phi) is 3.99. The number of amides is 1. The van der Waals surface area contributed by atoms with Crippen molar-refractivity contribution < 1.29 is 4.79 Å². The van der Waals surface area contributed by atoms with Gasteiger partial charge in [-0.1, -0.05) is 18.2 Å². The summed E-state index contributed by atoms with van der Waals surface area (Å²) in [5.74, 6) is 0.493. The first-order valence-electron chi connectivity index (χ1n) is 7.53. The first kappa shape index (κ1) is 15.5. The lowest BCUT2D eigenvalue weighted by atomic mass is 10.1. The van der Waals surface area contributed by atoms with Crippen LogP contribution in [0.1, 0.15) is 10.4 Å². The first-order valence-corrected chi connectivity index (χ1v) is 8.32. The second-order valence-electron chi connectivity index (χ2n) is 5.38. The average molecular weight is 394 g/mol. The molecular formula is C18H12BrN5O. The molecule has 122 valence electrons. The lowest BCUT2D eigenvalue weighted by Gasteiger charge is -2.07. The smallest absolute Gasteiger partial charge is 0.257 e. The summed E-state index contributed by atoms with van der Waals surface area (Å²) in [6.07, 6.45) is 5.06. The van der Waals surface area contributed by atoms with Gasteiger partial charge in [0.05, 0.1) is 5.56 Å². The molecule has 7 heteroatoms. The van der Waals surface area contributed by atoms with Crippen LogP contribution in [0.15, 0.2) is 71.6 Å². The van der Waals surface area contributed by atoms with Gasteiger partial charge in [0.25, 0.3) is 5.91 Å². The van der Waals surface area contributed by atoms with Crippen molar-refractivity contribution in [2.24, 2.45) is 0 Å². The third-order valence-corrected chi connectivity index (χ3v) is 4.09. The number of aromatic nitrogens is 4. The molecule has 0 radical (unpaired) electrons. The maximum atomic E-state index is 12.4. The zero-order chi connectivity index (χ0) is 17.2. The second-order valence-corrected chi connectivity index (χ2v) is 6.29. The van der Waals surface area contributed by atoms with Gasteiger partial charge < -0.3 is 5.32 Å². The van der Waals surface area contributed by atoms with E-state index in [1.165, 1.54) is 6.20 Å². The molecule has 0 saturated carbocycles. The van der Waals surface area contributed by atoms with Crippen LogP contribution in [0.2, 0.25) is 0 Å². The van der Waals surface area contributed by atoms with Crippen molar-refractivity contribution in [3.63, 3.8) is 0 Å². The summed E-state index contributed by atoms with van der Waals surface area (Å²) in [7, 11) is 0. The Hall–Kier alpha value is -3.06. The van der Waals surface area contributed by atoms with Crippen molar-refractivity contribution in [1.82, 2.24) is 19.6 Å². The molecule has 4 rings (SSSR count). The third-order valence-electron chi connectivity index (χ3n) is 3.66. The Morgan fingerprint density at radius 1 is 1.04 bits per heavy atom. The maximum Gasteiger partial charge on any atom is 0.257 e. The molecule has 25 heavy (non-hydrogen) atoms. The number of benzene rings is 1. The predicted octanol–water partition coefficient (Wildman–Crippen LogP) is 3.81. The summed E-state index contributed by atoms with van der Waals surface area (Å²) in [4.78, 5) is 16.4. The minimum absolute atomic E-state index is 0.225. The lowest BCUT2D eigenvalue weighted by molar-refractivity contribution is 0.102. The van der Waals surface area contributed by atoms with Crippen LogP contribution in [-0.4, -0.2) is 25.5 Å². The average Bonchev–Trinajstić information content (AvgIpc) is 3.06. The Morgan fingerprint density at radius 2 is 1.96 bits per heavy atom. The highest BCUT2D eigenvalue weighted by Crippen LogP contribution is 2.22. The van der Waals surface area contributed by atoms with Gasteiger partial charge in [-0.2, -0.15) is 0 Å². The van der Waals surface area contributed by atoms with Gasteiger partial charge in [-0.15, -0.1) is 10.2 Å². The van der Waals surface area contributed by atoms with E-state index in [1.54, 1.807) is 12.3 Å². The normalized spacial score (nSPS) is 10.8. The number of nitrogens with zero attached hydrogens (tertiary/aromatic N) is 4. The topological polar surface area (TPSA) is 72.2 Å². The summed E-state index contributed by atoms with van der Waals surface area (Å²) in [6, 6.07) is 14.9. The van der Waals surface area contributed by atoms with Gasteiger partial charge in [-0.05, 0) is 46.3 Å². The highest BCUT2D eigenvalue weighted by atomic mass is 79.9. The van der Waals surface area contributed by atoms with E-state index in [1.807, 2.05) is 53.1 Å². The standard InChI is InChI=1S/C18H12BrN5O/c19-14-8-13(10-20-11-14)18(25)21-15-5-3-4-12(9-15)17-23-22-16-6-1-2-7-24(16)17/h1-11H,(H,21,25). The summed E-state index contributed by atoms with van der Waals surface area (Å²) >= 11 is 3.32. The number of nitrogens with one attached hydrogen (secondary N) is 1. The van der Waals surface area contributed by atoms with Crippen LogP contribution >= 0.6 is 15.9 Å². The zero-order valence-electron chi connectivity index (χ0n) is 12.9. The minimum Gasteiger partial charge on any atom is -0.322 e. The number of carbonyl (C=O) groups excluding carboxylic acids is 1. The molecule has 3 aromatic heterocycles. The fourth-order valence-electron chi connectivity index (χ4n) is 2.51. The van der Waals surface area contributed by atoms with Crippen LogP contribution < -0.4 is 5.32 Å². The Balaban J connectivity index is 1.65. The van der Waals surface area contributed by atoms with Crippen molar-refractivity contribution in [3.05, 3.63) is 77.2 Å². The zero-order valence-corrected chi connectivity index (χ0v) is 14.5. The van der Waals surface area contributed by atoms with Crippen molar-refractivity contribution >= 4 is 33.2 Å². The first-order chi connectivity index (χ1) is 12.2. The number of hydrogen-bond acceptors (Lipinski definition) is 4. The Morgan fingerprint density at radius 3 is 2.84 bits per heavy atom. The minimum atomic E-state index is -0.225. The largest absolute Gasteiger partial charge is 0.322 e. The van der Waals surface area contributed by atoms with Crippen LogP contribution in [0.5, 0.6) is 0 Å². The number of halogens is 1. The van der Waals surface area contributed by atoms with Crippen LogP contribution in [0, 0.1) is 0 Å². The molecule has 1 amide bonds. The fourth-order valence-corrected chi connectivity index (χ4v) is 2.88. The molecule has 0 bridgehead atoms. The molecule has 1 aromatic carbocycles. The summed E-state index contributed by atoms with van der Waals surface area (Å²) in [5, 5.41) is 11.3. The number of pyridine rings is 2. The van der Waals surface area contributed by atoms with Crippen molar-refractivity contribution in [2.45, 2.75) is 0 Å². The maximum absolute atomic E-state index is 12.4. The molecule has 0 saturated heterocycles. The van der Waals surface area contributed by atoms with Crippen LogP contribution in [-0.2, 0) is 0 Å². The molecule has 1 N–H and O–H groups in total. The highest BCUT2D eigenvalue weighted by molar-refractivity contribution is 9.10. The molecular weight excluding hydrogens is 382 g/mol. The van der Waals surface area contributed by atoms with Crippen LogP contribution in [0.4, 0.5) is 5.69 Å². The molecule has 0 spiro atoms. The van der Waals surface area contributed by atoms with E-state index in [0.29, 0.717) is 11.3 Å². The Labute approximate surface area is 151 Å². The number of anilines is 1. The molecule has 0 aliphatic rings. The van der Waals surface area contributed by atoms with Gasteiger partial charge >= 0.3 is 0 Å². The van der Waals surface area contributed by atoms with Gasteiger partial charge in [0.1, 0.15) is 0 Å². The monoisotopic (exact) mass is 393 g/mol. The van der Waals surface area contributed by atoms with Crippen LogP contribution in [0.25, 0.3) is 17.0 Å². The second kappa shape index (κ2) is 6.45. The van der Waals surface area contributed by atoms with Crippen molar-refractivity contribution in [3.8, 4) is 11.4 Å². The molecule has 0 aliphatic carbocycles.